The fourth-order valence-electron chi connectivity index (χ4n) is 3.17. The molecule has 0 spiro atoms. The maximum atomic E-state index is 13.2. The average Bonchev–Trinajstić information content (AvgIpc) is 2.69. The summed E-state index contributed by atoms with van der Waals surface area (Å²) in [5.74, 6) is 0.166. The molecule has 0 aliphatic heterocycles. The van der Waals surface area contributed by atoms with Crippen LogP contribution in [-0.2, 0) is 22.6 Å². The van der Waals surface area contributed by atoms with Crippen molar-refractivity contribution >= 4 is 27.7 Å². The zero-order valence-electron chi connectivity index (χ0n) is 19.3. The van der Waals surface area contributed by atoms with Crippen LogP contribution < -0.4 is 10.1 Å². The molecule has 2 aromatic rings. The fourth-order valence-corrected chi connectivity index (χ4v) is 3.71. The first-order valence-corrected chi connectivity index (χ1v) is 11.4. The molecule has 1 atom stereocenters. The molecular formula is C25H33BrN2O3. The maximum Gasteiger partial charge on any atom is 0.261 e. The van der Waals surface area contributed by atoms with E-state index < -0.39 is 6.04 Å². The molecule has 0 aliphatic rings. The number of hydrogen-bond donors (Lipinski definition) is 1. The van der Waals surface area contributed by atoms with E-state index in [1.807, 2.05) is 70.2 Å². The number of amides is 2. The topological polar surface area (TPSA) is 58.6 Å². The zero-order chi connectivity index (χ0) is 23.2. The Morgan fingerprint density at radius 3 is 2.42 bits per heavy atom. The summed E-state index contributed by atoms with van der Waals surface area (Å²) in [6.45, 7) is 11.8. The summed E-state index contributed by atoms with van der Waals surface area (Å²) in [5, 5.41) is 2.97. The van der Waals surface area contributed by atoms with Gasteiger partial charge in [-0.05, 0) is 80.2 Å². The number of hydrogen-bond acceptors (Lipinski definition) is 3. The van der Waals surface area contributed by atoms with Gasteiger partial charge in [0.25, 0.3) is 5.91 Å². The van der Waals surface area contributed by atoms with Gasteiger partial charge in [0.15, 0.2) is 6.61 Å². The van der Waals surface area contributed by atoms with Crippen LogP contribution in [0.1, 0.15) is 51.3 Å². The van der Waals surface area contributed by atoms with Gasteiger partial charge in [-0.1, -0.05) is 42.8 Å². The van der Waals surface area contributed by atoms with Crippen LogP contribution in [0.5, 0.6) is 5.75 Å². The maximum absolute atomic E-state index is 13.2. The first-order chi connectivity index (χ1) is 14.5. The Hall–Kier alpha value is -2.34. The van der Waals surface area contributed by atoms with Crippen LogP contribution in [-0.4, -0.2) is 34.9 Å². The van der Waals surface area contributed by atoms with Gasteiger partial charge in [0.2, 0.25) is 5.91 Å². The van der Waals surface area contributed by atoms with Crippen molar-refractivity contribution in [3.8, 4) is 5.75 Å². The summed E-state index contributed by atoms with van der Waals surface area (Å²) in [7, 11) is 0. The summed E-state index contributed by atoms with van der Waals surface area (Å²) < 4.78 is 6.61. The van der Waals surface area contributed by atoms with Crippen LogP contribution in [0.2, 0.25) is 0 Å². The normalized spacial score (nSPS) is 12.2. The van der Waals surface area contributed by atoms with Crippen molar-refractivity contribution in [2.45, 2.75) is 66.1 Å². The van der Waals surface area contributed by atoms with E-state index in [1.54, 1.807) is 11.8 Å². The summed E-state index contributed by atoms with van der Waals surface area (Å²) >= 11 is 3.51. The number of halogens is 1. The molecule has 2 rings (SSSR count). The minimum absolute atomic E-state index is 0.150. The van der Waals surface area contributed by atoms with Gasteiger partial charge in [-0.2, -0.15) is 0 Å². The number of carbonyl (C=O) groups is 2. The first-order valence-electron chi connectivity index (χ1n) is 10.6. The van der Waals surface area contributed by atoms with Gasteiger partial charge in [0.1, 0.15) is 11.8 Å². The van der Waals surface area contributed by atoms with E-state index in [2.05, 4.69) is 28.2 Å². The molecule has 31 heavy (non-hydrogen) atoms. The highest BCUT2D eigenvalue weighted by atomic mass is 79.9. The number of nitrogens with one attached hydrogen (secondary N) is 1. The molecule has 0 unspecified atom stereocenters. The Kier molecular flexibility index (Phi) is 8.69. The Bertz CT molecular complexity index is 921. The van der Waals surface area contributed by atoms with Crippen LogP contribution in [0.3, 0.4) is 0 Å². The number of benzene rings is 2. The Morgan fingerprint density at radius 2 is 1.84 bits per heavy atom. The fraction of sp³-hybridized carbons (Fsp3) is 0.440. The summed E-state index contributed by atoms with van der Waals surface area (Å²) in [6.07, 6.45) is 0.919. The monoisotopic (exact) mass is 488 g/mol. The quantitative estimate of drug-likeness (QED) is 0.566. The van der Waals surface area contributed by atoms with Gasteiger partial charge in [-0.15, -0.1) is 0 Å². The predicted octanol–water partition coefficient (Wildman–Crippen LogP) is 5.03. The van der Waals surface area contributed by atoms with Gasteiger partial charge in [-0.3, -0.25) is 9.59 Å². The highest BCUT2D eigenvalue weighted by molar-refractivity contribution is 9.10. The molecule has 0 aliphatic carbocycles. The van der Waals surface area contributed by atoms with Crippen molar-refractivity contribution in [2.24, 2.45) is 0 Å². The molecule has 0 aromatic heterocycles. The Labute approximate surface area is 194 Å². The molecule has 2 aromatic carbocycles. The number of ether oxygens (including phenoxy) is 1. The lowest BCUT2D eigenvalue weighted by Crippen LogP contribution is -2.53. The molecule has 1 N–H and O–H groups in total. The third-order valence-corrected chi connectivity index (χ3v) is 5.48. The molecular weight excluding hydrogens is 456 g/mol. The Morgan fingerprint density at radius 1 is 1.13 bits per heavy atom. The molecule has 2 amide bonds. The second-order valence-electron chi connectivity index (χ2n) is 8.83. The third kappa shape index (κ3) is 7.69. The second-order valence-corrected chi connectivity index (χ2v) is 9.69. The lowest BCUT2D eigenvalue weighted by atomic mass is 10.1. The minimum atomic E-state index is -0.637. The van der Waals surface area contributed by atoms with Crippen LogP contribution >= 0.6 is 15.9 Å². The van der Waals surface area contributed by atoms with E-state index in [9.17, 15) is 9.59 Å². The number of aryl methyl sites for hydroxylation is 2. The summed E-state index contributed by atoms with van der Waals surface area (Å²) in [4.78, 5) is 27.5. The van der Waals surface area contributed by atoms with Gasteiger partial charge in [-0.25, -0.2) is 0 Å². The first kappa shape index (κ1) is 24.9. The summed E-state index contributed by atoms with van der Waals surface area (Å²) in [6, 6.07) is 13.1. The predicted molar refractivity (Wildman–Crippen MR) is 128 cm³/mol. The summed E-state index contributed by atoms with van der Waals surface area (Å²) in [5.41, 5.74) is 2.87. The van der Waals surface area contributed by atoms with E-state index >= 15 is 0 Å². The van der Waals surface area contributed by atoms with E-state index in [-0.39, 0.29) is 24.0 Å². The second kappa shape index (κ2) is 10.8. The Balaban J connectivity index is 2.19. The third-order valence-electron chi connectivity index (χ3n) is 4.86. The highest BCUT2D eigenvalue weighted by Gasteiger charge is 2.28. The molecule has 0 saturated heterocycles. The highest BCUT2D eigenvalue weighted by Crippen LogP contribution is 2.26. The number of rotatable bonds is 8. The molecule has 0 fully saturated rings. The molecule has 0 radical (unpaired) electrons. The van der Waals surface area contributed by atoms with Crippen molar-refractivity contribution in [2.75, 3.05) is 6.61 Å². The SMILES string of the molecule is CCc1ccc(OCC(=O)N(Cc2cccc(C)c2)[C@@H](C)C(=O)NC(C)(C)C)c(Br)c1. The number of nitrogens with zero attached hydrogens (tertiary/aromatic N) is 1. The van der Waals surface area contributed by atoms with Gasteiger partial charge in [0.05, 0.1) is 4.47 Å². The van der Waals surface area contributed by atoms with Crippen LogP contribution in [0.15, 0.2) is 46.9 Å². The molecule has 6 heteroatoms. The van der Waals surface area contributed by atoms with E-state index in [0.29, 0.717) is 12.3 Å². The average molecular weight is 489 g/mol. The van der Waals surface area contributed by atoms with Crippen LogP contribution in [0, 0.1) is 6.92 Å². The van der Waals surface area contributed by atoms with Crippen molar-refractivity contribution in [1.82, 2.24) is 10.2 Å². The lowest BCUT2D eigenvalue weighted by molar-refractivity contribution is -0.142. The largest absolute Gasteiger partial charge is 0.483 e. The van der Waals surface area contributed by atoms with Crippen molar-refractivity contribution < 1.29 is 14.3 Å². The molecule has 168 valence electrons. The van der Waals surface area contributed by atoms with Gasteiger partial charge in [0, 0.05) is 12.1 Å². The zero-order valence-corrected chi connectivity index (χ0v) is 20.9. The molecule has 0 bridgehead atoms. The number of carbonyl (C=O) groups excluding carboxylic acids is 2. The smallest absolute Gasteiger partial charge is 0.261 e. The van der Waals surface area contributed by atoms with E-state index in [0.717, 1.165) is 22.0 Å². The lowest BCUT2D eigenvalue weighted by Gasteiger charge is -2.31. The van der Waals surface area contributed by atoms with Crippen LogP contribution in [0.25, 0.3) is 0 Å². The van der Waals surface area contributed by atoms with Gasteiger partial charge < -0.3 is 15.0 Å². The standard InChI is InChI=1S/C25H33BrN2O3/c1-7-19-11-12-22(21(26)14-19)31-16-23(29)28(15-20-10-8-9-17(2)13-20)18(3)24(30)27-25(4,5)6/h8-14,18H,7,15-16H2,1-6H3,(H,27,30)/t18-/m0/s1. The van der Waals surface area contributed by atoms with Crippen LogP contribution in [0.4, 0.5) is 0 Å². The van der Waals surface area contributed by atoms with Gasteiger partial charge >= 0.3 is 0 Å². The minimum Gasteiger partial charge on any atom is -0.483 e. The van der Waals surface area contributed by atoms with Crippen molar-refractivity contribution in [3.05, 3.63) is 63.6 Å². The molecule has 0 saturated carbocycles. The van der Waals surface area contributed by atoms with Crippen molar-refractivity contribution in [1.29, 1.82) is 0 Å². The molecule has 5 nitrogen and oxygen atoms in total. The van der Waals surface area contributed by atoms with E-state index in [4.69, 9.17) is 4.74 Å². The van der Waals surface area contributed by atoms with E-state index in [1.165, 1.54) is 5.56 Å². The van der Waals surface area contributed by atoms with Crippen molar-refractivity contribution in [3.63, 3.8) is 0 Å². The molecule has 0 heterocycles.